The number of rotatable bonds is 4. The summed E-state index contributed by atoms with van der Waals surface area (Å²) < 4.78 is 10.5. The minimum atomic E-state index is -3.80. The van der Waals surface area contributed by atoms with Crippen molar-refractivity contribution in [1.29, 1.82) is 0 Å². The maximum Gasteiger partial charge on any atom is 0.326 e. The average molecular weight is 294 g/mol. The van der Waals surface area contributed by atoms with Crippen LogP contribution in [-0.2, 0) is 4.57 Å². The third-order valence-corrected chi connectivity index (χ3v) is 3.21. The Morgan fingerprint density at radius 1 is 1.47 bits per heavy atom. The zero-order chi connectivity index (χ0) is 12.5. The molecule has 8 heteroatoms. The Hall–Kier alpha value is 0.680. The highest BCUT2D eigenvalue weighted by molar-refractivity contribution is 8.10. The Morgan fingerprint density at radius 2 is 1.87 bits per heavy atom. The van der Waals surface area contributed by atoms with E-state index in [2.05, 4.69) is 26.5 Å². The summed E-state index contributed by atoms with van der Waals surface area (Å²) in [6, 6.07) is 0. The van der Waals surface area contributed by atoms with Crippen molar-refractivity contribution in [3.63, 3.8) is 0 Å². The van der Waals surface area contributed by atoms with Gasteiger partial charge in [0.2, 0.25) is 0 Å². The molecular formula is C7H17ClNO3PS2. The third-order valence-electron chi connectivity index (χ3n) is 1.41. The van der Waals surface area contributed by atoms with E-state index in [9.17, 15) is 4.57 Å². The zero-order valence-electron chi connectivity index (χ0n) is 8.76. The predicted octanol–water partition coefficient (Wildman–Crippen LogP) is 1.95. The van der Waals surface area contributed by atoms with Gasteiger partial charge in [0.25, 0.3) is 0 Å². The van der Waals surface area contributed by atoms with Crippen LogP contribution in [0.3, 0.4) is 0 Å². The molecule has 0 radical (unpaired) electrons. The molecule has 92 valence electrons. The van der Waals surface area contributed by atoms with Crippen LogP contribution in [0.1, 0.15) is 13.8 Å². The largest absolute Gasteiger partial charge is 0.358 e. The quantitative estimate of drug-likeness (QED) is 0.320. The Kier molecular flexibility index (Phi) is 11.9. The normalized spacial score (nSPS) is 10.3. The topological polar surface area (TPSA) is 60.8 Å². The molecule has 0 heterocycles. The first-order valence-electron chi connectivity index (χ1n) is 4.36. The number of hydrogen-bond acceptors (Lipinski definition) is 2. The molecule has 0 aromatic heterocycles. The van der Waals surface area contributed by atoms with Gasteiger partial charge in [0.1, 0.15) is 4.32 Å². The Morgan fingerprint density at radius 3 is 1.87 bits per heavy atom. The summed E-state index contributed by atoms with van der Waals surface area (Å²) in [7, 11) is -3.80. The van der Waals surface area contributed by atoms with Gasteiger partial charge < -0.3 is 14.7 Å². The molecule has 0 spiro atoms. The smallest absolute Gasteiger partial charge is 0.326 e. The zero-order valence-corrected chi connectivity index (χ0v) is 12.1. The van der Waals surface area contributed by atoms with Crippen molar-refractivity contribution in [2.24, 2.45) is 0 Å². The van der Waals surface area contributed by atoms with Crippen LogP contribution in [-0.4, -0.2) is 44.1 Å². The van der Waals surface area contributed by atoms with Crippen molar-refractivity contribution in [3.05, 3.63) is 0 Å². The monoisotopic (exact) mass is 293 g/mol. The molecule has 0 unspecified atom stereocenters. The highest BCUT2D eigenvalue weighted by atomic mass is 35.5. The first-order chi connectivity index (χ1) is 6.78. The Labute approximate surface area is 107 Å². The second kappa shape index (κ2) is 9.87. The fourth-order valence-corrected chi connectivity index (χ4v) is 2.03. The first kappa shape index (κ1) is 18.1. The average Bonchev–Trinajstić information content (AvgIpc) is 2.04. The van der Waals surface area contributed by atoms with Gasteiger partial charge in [-0.15, -0.1) is 24.2 Å². The molecule has 0 aromatic rings. The van der Waals surface area contributed by atoms with E-state index in [-0.39, 0.29) is 12.0 Å². The van der Waals surface area contributed by atoms with Crippen molar-refractivity contribution in [1.82, 2.24) is 4.90 Å². The summed E-state index contributed by atoms with van der Waals surface area (Å²) >= 11 is 13.8. The van der Waals surface area contributed by atoms with Crippen molar-refractivity contribution < 1.29 is 14.4 Å². The standard InChI is InChI=1S/C5H11NS2.C2H6ClO3P/c1-3-6(4-2)5(7)8;3-1-2-7(4,5)6/h3-4H2,1-2H3,(H,7,8);1-2H2,(H2,4,5,6). The fraction of sp³-hybridized carbons (Fsp3) is 0.857. The van der Waals surface area contributed by atoms with Crippen LogP contribution in [0.2, 0.25) is 0 Å². The molecule has 0 atom stereocenters. The van der Waals surface area contributed by atoms with E-state index in [0.717, 1.165) is 13.1 Å². The molecule has 4 nitrogen and oxygen atoms in total. The summed E-state index contributed by atoms with van der Waals surface area (Å²) in [4.78, 5) is 18.1. The van der Waals surface area contributed by atoms with E-state index in [4.69, 9.17) is 33.6 Å². The van der Waals surface area contributed by atoms with E-state index in [1.165, 1.54) is 0 Å². The molecule has 0 saturated heterocycles. The molecule has 0 fully saturated rings. The van der Waals surface area contributed by atoms with Gasteiger partial charge in [0, 0.05) is 19.0 Å². The van der Waals surface area contributed by atoms with Crippen LogP contribution >= 0.6 is 44.0 Å². The van der Waals surface area contributed by atoms with Crippen molar-refractivity contribution in [2.45, 2.75) is 13.8 Å². The van der Waals surface area contributed by atoms with Gasteiger partial charge in [-0.2, -0.15) is 0 Å². The highest BCUT2D eigenvalue weighted by Crippen LogP contribution is 2.33. The van der Waals surface area contributed by atoms with Crippen LogP contribution in [0.5, 0.6) is 0 Å². The van der Waals surface area contributed by atoms with E-state index in [1.807, 2.05) is 4.90 Å². The molecule has 0 bridgehead atoms. The molecule has 0 saturated carbocycles. The molecule has 0 aliphatic carbocycles. The van der Waals surface area contributed by atoms with E-state index in [1.54, 1.807) is 0 Å². The molecule has 15 heavy (non-hydrogen) atoms. The van der Waals surface area contributed by atoms with E-state index in [0.29, 0.717) is 4.32 Å². The number of halogens is 1. The maximum absolute atomic E-state index is 9.84. The van der Waals surface area contributed by atoms with Crippen LogP contribution in [0.15, 0.2) is 0 Å². The molecule has 0 rings (SSSR count). The number of thiol groups is 1. The second-order valence-electron chi connectivity index (χ2n) is 2.53. The SMILES string of the molecule is CCN(CC)C(=S)S.O=P(O)(O)CCCl. The second-order valence-corrected chi connectivity index (χ2v) is 5.80. The van der Waals surface area contributed by atoms with Gasteiger partial charge in [-0.05, 0) is 13.8 Å². The van der Waals surface area contributed by atoms with Gasteiger partial charge in [0.05, 0.1) is 6.16 Å². The first-order valence-corrected chi connectivity index (χ1v) is 7.55. The lowest BCUT2D eigenvalue weighted by Gasteiger charge is -2.16. The number of thiocarbonyl (C=S) groups is 1. The van der Waals surface area contributed by atoms with Gasteiger partial charge in [0.15, 0.2) is 0 Å². The fourth-order valence-electron chi connectivity index (χ4n) is 0.604. The Balaban J connectivity index is 0. The lowest BCUT2D eigenvalue weighted by Crippen LogP contribution is -2.24. The molecule has 0 aliphatic rings. The van der Waals surface area contributed by atoms with Crippen LogP contribution in [0.25, 0.3) is 0 Å². The lowest BCUT2D eigenvalue weighted by molar-refractivity contribution is 0.375. The summed E-state index contributed by atoms with van der Waals surface area (Å²) in [6.07, 6.45) is -0.228. The van der Waals surface area contributed by atoms with Crippen LogP contribution in [0, 0.1) is 0 Å². The molecule has 0 amide bonds. The van der Waals surface area contributed by atoms with Crippen molar-refractivity contribution >= 4 is 48.4 Å². The molecule has 0 aromatic carbocycles. The number of hydrogen-bond donors (Lipinski definition) is 3. The minimum Gasteiger partial charge on any atom is -0.358 e. The van der Waals surface area contributed by atoms with Crippen molar-refractivity contribution in [2.75, 3.05) is 25.1 Å². The van der Waals surface area contributed by atoms with Crippen LogP contribution in [0.4, 0.5) is 0 Å². The summed E-state index contributed by atoms with van der Waals surface area (Å²) in [5.41, 5.74) is 0. The summed E-state index contributed by atoms with van der Waals surface area (Å²) in [6.45, 7) is 6.04. The minimum absolute atomic E-state index is 0.0181. The number of nitrogens with zero attached hydrogens (tertiary/aromatic N) is 1. The van der Waals surface area contributed by atoms with Gasteiger partial charge in [-0.1, -0.05) is 12.2 Å². The van der Waals surface area contributed by atoms with E-state index >= 15 is 0 Å². The lowest BCUT2D eigenvalue weighted by atomic mass is 10.6. The van der Waals surface area contributed by atoms with Gasteiger partial charge >= 0.3 is 7.60 Å². The third kappa shape index (κ3) is 14.7. The van der Waals surface area contributed by atoms with E-state index < -0.39 is 7.60 Å². The van der Waals surface area contributed by atoms with Crippen LogP contribution < -0.4 is 0 Å². The Bertz CT molecular complexity index is 220. The molecular weight excluding hydrogens is 277 g/mol. The number of alkyl halides is 1. The highest BCUT2D eigenvalue weighted by Gasteiger charge is 2.09. The molecule has 0 aliphatic heterocycles. The van der Waals surface area contributed by atoms with Gasteiger partial charge in [-0.25, -0.2) is 0 Å². The van der Waals surface area contributed by atoms with Gasteiger partial charge in [-0.3, -0.25) is 4.57 Å². The summed E-state index contributed by atoms with van der Waals surface area (Å²) in [5.74, 6) is 0.0181. The summed E-state index contributed by atoms with van der Waals surface area (Å²) in [5, 5.41) is 0. The van der Waals surface area contributed by atoms with Crippen molar-refractivity contribution in [3.8, 4) is 0 Å². The predicted molar refractivity (Wildman–Crippen MR) is 72.1 cm³/mol. The molecule has 2 N–H and O–H groups in total. The maximum atomic E-state index is 9.84.